The van der Waals surface area contributed by atoms with E-state index in [1.165, 1.54) is 0 Å². The third-order valence-corrected chi connectivity index (χ3v) is 5.00. The number of carbonyl (C=O) groups is 2. The number of nitrogens with one attached hydrogen (secondary N) is 2. The fourth-order valence-corrected chi connectivity index (χ4v) is 3.40. The molecule has 2 N–H and O–H groups in total. The van der Waals surface area contributed by atoms with Crippen LogP contribution >= 0.6 is 0 Å². The molecule has 4 rings (SSSR count). The lowest BCUT2D eigenvalue weighted by atomic mass is 10.0. The molecule has 0 unspecified atom stereocenters. The van der Waals surface area contributed by atoms with Crippen molar-refractivity contribution in [2.75, 3.05) is 29.9 Å². The molecule has 0 bridgehead atoms. The van der Waals surface area contributed by atoms with Crippen LogP contribution in [0.3, 0.4) is 0 Å². The zero-order chi connectivity index (χ0) is 20.5. The second-order valence-corrected chi connectivity index (χ2v) is 7.47. The van der Waals surface area contributed by atoms with Gasteiger partial charge in [-0.05, 0) is 43.2 Å². The van der Waals surface area contributed by atoms with Gasteiger partial charge in [-0.2, -0.15) is 0 Å². The molecular weight excluding hydrogens is 370 g/mol. The lowest BCUT2D eigenvalue weighted by Crippen LogP contribution is -2.47. The van der Waals surface area contributed by atoms with E-state index in [0.717, 1.165) is 17.9 Å². The van der Waals surface area contributed by atoms with E-state index < -0.39 is 0 Å². The van der Waals surface area contributed by atoms with Crippen molar-refractivity contribution in [3.63, 3.8) is 0 Å². The molecule has 1 saturated heterocycles. The highest BCUT2D eigenvalue weighted by molar-refractivity contribution is 6.12. The lowest BCUT2D eigenvalue weighted by molar-refractivity contribution is -0.120. The summed E-state index contributed by atoms with van der Waals surface area (Å²) in [6.45, 7) is 7.55. The maximum absolute atomic E-state index is 13.0. The number of hydrogen-bond donors (Lipinski definition) is 2. The van der Waals surface area contributed by atoms with E-state index in [1.54, 1.807) is 13.0 Å². The number of rotatable bonds is 4. The number of anilines is 2. The summed E-state index contributed by atoms with van der Waals surface area (Å²) in [4.78, 5) is 31.1. The van der Waals surface area contributed by atoms with E-state index in [9.17, 15) is 9.59 Å². The molecule has 0 atom stereocenters. The highest BCUT2D eigenvalue weighted by Crippen LogP contribution is 2.26. The average Bonchev–Trinajstić information content (AvgIpc) is 3.09. The molecule has 8 nitrogen and oxygen atoms in total. The number of pyridine rings is 1. The quantitative estimate of drug-likeness (QED) is 0.707. The number of aryl methyl sites for hydroxylation is 1. The Kier molecular flexibility index (Phi) is 4.92. The van der Waals surface area contributed by atoms with Crippen LogP contribution in [0.2, 0.25) is 0 Å². The second-order valence-electron chi connectivity index (χ2n) is 7.47. The molecule has 1 aromatic carbocycles. The van der Waals surface area contributed by atoms with Gasteiger partial charge in [0.2, 0.25) is 5.91 Å². The van der Waals surface area contributed by atoms with Crippen LogP contribution in [0.1, 0.15) is 41.5 Å². The molecule has 0 aliphatic carbocycles. The highest BCUT2D eigenvalue weighted by atomic mass is 16.5. The van der Waals surface area contributed by atoms with Gasteiger partial charge in [-0.1, -0.05) is 19.0 Å². The van der Waals surface area contributed by atoms with Crippen LogP contribution in [0.4, 0.5) is 11.4 Å². The summed E-state index contributed by atoms with van der Waals surface area (Å²) in [5.74, 6) is -0.0755. The zero-order valence-electron chi connectivity index (χ0n) is 16.7. The first-order valence-electron chi connectivity index (χ1n) is 9.62. The van der Waals surface area contributed by atoms with Crippen LogP contribution in [0, 0.1) is 6.92 Å². The van der Waals surface area contributed by atoms with Crippen molar-refractivity contribution in [2.24, 2.45) is 0 Å². The fourth-order valence-electron chi connectivity index (χ4n) is 3.40. The second kappa shape index (κ2) is 7.54. The van der Waals surface area contributed by atoms with Crippen molar-refractivity contribution in [2.45, 2.75) is 26.7 Å². The maximum Gasteiger partial charge on any atom is 0.259 e. The Balaban J connectivity index is 1.58. The van der Waals surface area contributed by atoms with Crippen LogP contribution in [0.25, 0.3) is 11.1 Å². The van der Waals surface area contributed by atoms with Crippen LogP contribution < -0.4 is 15.5 Å². The van der Waals surface area contributed by atoms with Crippen molar-refractivity contribution in [3.05, 3.63) is 47.3 Å². The van der Waals surface area contributed by atoms with Crippen molar-refractivity contribution in [1.29, 1.82) is 0 Å². The first kappa shape index (κ1) is 18.9. The SMILES string of the molecule is Cc1noc2nc(C(C)C)cc(C(=O)Nc3ccc(N4CCNC(=O)C4)cc3)c12. The van der Waals surface area contributed by atoms with Gasteiger partial charge in [-0.3, -0.25) is 9.59 Å². The Labute approximate surface area is 168 Å². The molecule has 0 radical (unpaired) electrons. The van der Waals surface area contributed by atoms with Gasteiger partial charge in [0.05, 0.1) is 23.2 Å². The van der Waals surface area contributed by atoms with Gasteiger partial charge in [0.15, 0.2) is 0 Å². The molecule has 0 spiro atoms. The van der Waals surface area contributed by atoms with Crippen LogP contribution in [-0.4, -0.2) is 41.6 Å². The summed E-state index contributed by atoms with van der Waals surface area (Å²) >= 11 is 0. The summed E-state index contributed by atoms with van der Waals surface area (Å²) in [7, 11) is 0. The molecule has 29 heavy (non-hydrogen) atoms. The molecular formula is C21H23N5O3. The van der Waals surface area contributed by atoms with Crippen molar-refractivity contribution in [1.82, 2.24) is 15.5 Å². The highest BCUT2D eigenvalue weighted by Gasteiger charge is 2.20. The zero-order valence-corrected chi connectivity index (χ0v) is 16.7. The molecule has 1 fully saturated rings. The maximum atomic E-state index is 13.0. The minimum atomic E-state index is -0.240. The van der Waals surface area contributed by atoms with Crippen molar-refractivity contribution >= 4 is 34.3 Å². The summed E-state index contributed by atoms with van der Waals surface area (Å²) < 4.78 is 5.29. The molecule has 1 aliphatic heterocycles. The fraction of sp³-hybridized carbons (Fsp3) is 0.333. The predicted octanol–water partition coefficient (Wildman–Crippen LogP) is 2.84. The van der Waals surface area contributed by atoms with E-state index >= 15 is 0 Å². The van der Waals surface area contributed by atoms with E-state index in [2.05, 4.69) is 20.8 Å². The van der Waals surface area contributed by atoms with Crippen molar-refractivity contribution < 1.29 is 14.1 Å². The van der Waals surface area contributed by atoms with Crippen LogP contribution in [-0.2, 0) is 4.79 Å². The average molecular weight is 393 g/mol. The Bertz CT molecular complexity index is 1070. The van der Waals surface area contributed by atoms with E-state index in [4.69, 9.17) is 4.52 Å². The number of carbonyl (C=O) groups excluding carboxylic acids is 2. The molecule has 2 amide bonds. The smallest absolute Gasteiger partial charge is 0.259 e. The molecule has 3 heterocycles. The molecule has 150 valence electrons. The summed E-state index contributed by atoms with van der Waals surface area (Å²) in [5.41, 5.74) is 3.89. The number of fused-ring (bicyclic) bond motifs is 1. The Morgan fingerprint density at radius 3 is 2.72 bits per heavy atom. The van der Waals surface area contributed by atoms with Gasteiger partial charge < -0.3 is 20.1 Å². The minimum Gasteiger partial charge on any atom is -0.360 e. The molecule has 8 heteroatoms. The minimum absolute atomic E-state index is 0.0142. The Morgan fingerprint density at radius 2 is 2.03 bits per heavy atom. The number of nitrogens with zero attached hydrogens (tertiary/aromatic N) is 3. The Hall–Kier alpha value is -3.42. The van der Waals surface area contributed by atoms with Gasteiger partial charge in [-0.25, -0.2) is 4.98 Å². The number of hydrogen-bond acceptors (Lipinski definition) is 6. The number of amides is 2. The third-order valence-electron chi connectivity index (χ3n) is 5.00. The van der Waals surface area contributed by atoms with Crippen LogP contribution in [0.5, 0.6) is 0 Å². The van der Waals surface area contributed by atoms with Gasteiger partial charge in [0.1, 0.15) is 0 Å². The topological polar surface area (TPSA) is 100 Å². The summed E-state index contributed by atoms with van der Waals surface area (Å²) in [6, 6.07) is 9.28. The first-order valence-corrected chi connectivity index (χ1v) is 9.62. The largest absolute Gasteiger partial charge is 0.360 e. The monoisotopic (exact) mass is 393 g/mol. The normalized spacial score (nSPS) is 14.3. The molecule has 0 saturated carbocycles. The van der Waals surface area contributed by atoms with Gasteiger partial charge in [-0.15, -0.1) is 0 Å². The van der Waals surface area contributed by atoms with Gasteiger partial charge in [0.25, 0.3) is 11.6 Å². The summed E-state index contributed by atoms with van der Waals surface area (Å²) in [6.07, 6.45) is 0. The van der Waals surface area contributed by atoms with E-state index in [0.29, 0.717) is 41.1 Å². The Morgan fingerprint density at radius 1 is 1.28 bits per heavy atom. The number of benzene rings is 1. The number of piperazine rings is 1. The van der Waals surface area contributed by atoms with Crippen LogP contribution in [0.15, 0.2) is 34.9 Å². The first-order chi connectivity index (χ1) is 13.9. The number of aromatic nitrogens is 2. The lowest BCUT2D eigenvalue weighted by Gasteiger charge is -2.28. The third kappa shape index (κ3) is 3.78. The van der Waals surface area contributed by atoms with E-state index in [1.807, 2.05) is 43.0 Å². The summed E-state index contributed by atoms with van der Waals surface area (Å²) in [5, 5.41) is 10.3. The molecule has 3 aromatic rings. The van der Waals surface area contributed by atoms with E-state index in [-0.39, 0.29) is 17.7 Å². The standard InChI is InChI=1S/C21H23N5O3/c1-12(2)17-10-16(19-13(3)25-29-21(19)24-17)20(28)23-14-4-6-15(7-5-14)26-9-8-22-18(27)11-26/h4-7,10,12H,8-9,11H2,1-3H3,(H,22,27)(H,23,28). The molecule has 2 aromatic heterocycles. The predicted molar refractivity (Wildman–Crippen MR) is 110 cm³/mol. The molecule has 1 aliphatic rings. The van der Waals surface area contributed by atoms with Gasteiger partial charge >= 0.3 is 0 Å². The van der Waals surface area contributed by atoms with Crippen molar-refractivity contribution in [3.8, 4) is 0 Å². The van der Waals surface area contributed by atoms with Gasteiger partial charge in [0, 0.05) is 30.2 Å².